The molecule has 0 saturated carbocycles. The smallest absolute Gasteiger partial charge is 0.250 e. The van der Waals surface area contributed by atoms with Crippen LogP contribution in [0, 0.1) is 0 Å². The van der Waals surface area contributed by atoms with Gasteiger partial charge in [-0.1, -0.05) is 17.7 Å². The summed E-state index contributed by atoms with van der Waals surface area (Å²) in [4.78, 5) is 3.88. The van der Waals surface area contributed by atoms with Crippen molar-refractivity contribution in [3.8, 4) is 0 Å². The third-order valence-corrected chi connectivity index (χ3v) is 7.21. The summed E-state index contributed by atoms with van der Waals surface area (Å²) in [6.45, 7) is -0.135. The van der Waals surface area contributed by atoms with Crippen molar-refractivity contribution in [2.75, 3.05) is 12.3 Å². The Morgan fingerprint density at radius 1 is 1.13 bits per heavy atom. The van der Waals surface area contributed by atoms with Crippen LogP contribution in [0.5, 0.6) is 0 Å². The molecule has 2 rings (SSSR count). The van der Waals surface area contributed by atoms with Crippen molar-refractivity contribution in [3.05, 3.63) is 46.6 Å². The molecule has 0 radical (unpaired) electrons. The molecule has 2 N–H and O–H groups in total. The Bertz CT molecular complexity index is 851. The number of hydrogen-bond acceptors (Lipinski definition) is 6. The first kappa shape index (κ1) is 18.3. The minimum Gasteiger partial charge on any atom is -0.264 e. The molecule has 2 aromatic heterocycles. The molecule has 2 aromatic rings. The summed E-state index contributed by atoms with van der Waals surface area (Å²) >= 11 is 6.59. The van der Waals surface area contributed by atoms with Crippen LogP contribution in [0.3, 0.4) is 0 Å². The zero-order valence-electron chi connectivity index (χ0n) is 11.8. The van der Waals surface area contributed by atoms with Gasteiger partial charge in [0.05, 0.1) is 10.1 Å². The fourth-order valence-electron chi connectivity index (χ4n) is 1.59. The van der Waals surface area contributed by atoms with Crippen molar-refractivity contribution in [1.82, 2.24) is 14.4 Å². The highest BCUT2D eigenvalue weighted by molar-refractivity contribution is 7.92. The third-order valence-electron chi connectivity index (χ3n) is 2.70. The van der Waals surface area contributed by atoms with Gasteiger partial charge in [0.25, 0.3) is 0 Å². The zero-order valence-corrected chi connectivity index (χ0v) is 15.0. The molecule has 7 nitrogen and oxygen atoms in total. The first-order valence-electron chi connectivity index (χ1n) is 6.40. The van der Waals surface area contributed by atoms with E-state index in [1.54, 1.807) is 24.5 Å². The summed E-state index contributed by atoms with van der Waals surface area (Å²) < 4.78 is 52.6. The van der Waals surface area contributed by atoms with Gasteiger partial charge < -0.3 is 0 Å². The van der Waals surface area contributed by atoms with E-state index in [2.05, 4.69) is 14.4 Å². The van der Waals surface area contributed by atoms with Crippen LogP contribution in [-0.2, 0) is 26.6 Å². The summed E-state index contributed by atoms with van der Waals surface area (Å²) in [6, 6.07) is 6.26. The second-order valence-corrected chi connectivity index (χ2v) is 10.1. The number of sulfonamides is 2. The number of nitrogens with zero attached hydrogens (tertiary/aromatic N) is 1. The van der Waals surface area contributed by atoms with Crippen molar-refractivity contribution in [3.63, 3.8) is 0 Å². The molecule has 11 heteroatoms. The first-order chi connectivity index (χ1) is 10.8. The third kappa shape index (κ3) is 5.83. The van der Waals surface area contributed by atoms with Crippen LogP contribution in [0.1, 0.15) is 5.56 Å². The number of thiophene rings is 1. The number of aromatic nitrogens is 1. The maximum atomic E-state index is 11.9. The molecular weight excluding hydrogens is 382 g/mol. The predicted molar refractivity (Wildman–Crippen MR) is 89.4 cm³/mol. The van der Waals surface area contributed by atoms with Gasteiger partial charge in [0, 0.05) is 25.5 Å². The van der Waals surface area contributed by atoms with E-state index in [0.717, 1.165) is 11.3 Å². The second kappa shape index (κ2) is 7.69. The molecule has 0 spiro atoms. The fraction of sp³-hybridized carbons (Fsp3) is 0.250. The van der Waals surface area contributed by atoms with Crippen LogP contribution in [0.4, 0.5) is 0 Å². The van der Waals surface area contributed by atoms with E-state index in [1.165, 1.54) is 12.1 Å². The normalized spacial score (nSPS) is 12.4. The van der Waals surface area contributed by atoms with Crippen LogP contribution in [0.2, 0.25) is 4.34 Å². The Kier molecular flexibility index (Phi) is 6.12. The molecule has 0 aromatic carbocycles. The minimum atomic E-state index is -3.75. The lowest BCUT2D eigenvalue weighted by molar-refractivity contribution is 0.575. The van der Waals surface area contributed by atoms with Crippen molar-refractivity contribution < 1.29 is 16.8 Å². The van der Waals surface area contributed by atoms with Crippen LogP contribution >= 0.6 is 22.9 Å². The summed E-state index contributed by atoms with van der Waals surface area (Å²) in [5.41, 5.74) is 0.713. The van der Waals surface area contributed by atoms with Crippen molar-refractivity contribution >= 4 is 43.0 Å². The average Bonchev–Trinajstić information content (AvgIpc) is 2.93. The van der Waals surface area contributed by atoms with E-state index in [-0.39, 0.29) is 23.1 Å². The zero-order chi connectivity index (χ0) is 16.9. The molecule has 0 aliphatic carbocycles. The summed E-state index contributed by atoms with van der Waals surface area (Å²) in [7, 11) is -7.35. The first-order valence-corrected chi connectivity index (χ1v) is 10.7. The summed E-state index contributed by atoms with van der Waals surface area (Å²) in [6.07, 6.45) is 3.13. The van der Waals surface area contributed by atoms with E-state index < -0.39 is 20.0 Å². The van der Waals surface area contributed by atoms with Crippen molar-refractivity contribution in [2.24, 2.45) is 0 Å². The van der Waals surface area contributed by atoms with Crippen LogP contribution < -0.4 is 9.44 Å². The lowest BCUT2D eigenvalue weighted by Gasteiger charge is -2.07. The number of nitrogens with one attached hydrogen (secondary N) is 2. The van der Waals surface area contributed by atoms with Crippen LogP contribution in [0.25, 0.3) is 0 Å². The highest BCUT2D eigenvalue weighted by Gasteiger charge is 2.18. The molecule has 0 atom stereocenters. The number of hydrogen-bond donors (Lipinski definition) is 2. The van der Waals surface area contributed by atoms with E-state index >= 15 is 0 Å². The minimum absolute atomic E-state index is 0.0446. The summed E-state index contributed by atoms with van der Waals surface area (Å²) in [5.74, 6) is -0.369. The van der Waals surface area contributed by atoms with Crippen molar-refractivity contribution in [2.45, 2.75) is 10.8 Å². The lowest BCUT2D eigenvalue weighted by Crippen LogP contribution is -2.34. The Morgan fingerprint density at radius 3 is 2.52 bits per heavy atom. The van der Waals surface area contributed by atoms with E-state index in [9.17, 15) is 16.8 Å². The molecule has 2 heterocycles. The largest absolute Gasteiger partial charge is 0.264 e. The van der Waals surface area contributed by atoms with E-state index in [1.807, 2.05) is 0 Å². The summed E-state index contributed by atoms with van der Waals surface area (Å²) in [5, 5.41) is 0. The highest BCUT2D eigenvalue weighted by Crippen LogP contribution is 2.25. The van der Waals surface area contributed by atoms with Crippen LogP contribution in [0.15, 0.2) is 40.9 Å². The Labute approximate surface area is 143 Å². The monoisotopic (exact) mass is 395 g/mol. The fourth-order valence-corrected chi connectivity index (χ4v) is 5.18. The van der Waals surface area contributed by atoms with Gasteiger partial charge in [-0.2, -0.15) is 0 Å². The predicted octanol–water partition coefficient (Wildman–Crippen LogP) is 1.19. The van der Waals surface area contributed by atoms with Gasteiger partial charge in [-0.15, -0.1) is 11.3 Å². The quantitative estimate of drug-likeness (QED) is 0.698. The maximum Gasteiger partial charge on any atom is 0.250 e. The molecule has 23 heavy (non-hydrogen) atoms. The SMILES string of the molecule is O=S(=O)(CCNS(=O)(=O)c1ccc(Cl)s1)NCc1cccnc1. The molecule has 0 fully saturated rings. The number of pyridine rings is 1. The topological polar surface area (TPSA) is 105 Å². The maximum absolute atomic E-state index is 11.9. The standard InChI is InChI=1S/C12H14ClN3O4S3/c13-11-3-4-12(21-11)23(19,20)15-6-7-22(17,18)16-9-10-2-1-5-14-8-10/h1-5,8,15-16H,6-7,9H2. The molecule has 126 valence electrons. The highest BCUT2D eigenvalue weighted by atomic mass is 35.5. The molecule has 0 aliphatic heterocycles. The van der Waals surface area contributed by atoms with Gasteiger partial charge in [0.1, 0.15) is 4.21 Å². The molecule has 0 amide bonds. The van der Waals surface area contributed by atoms with Gasteiger partial charge >= 0.3 is 0 Å². The Hall–Kier alpha value is -1.04. The number of halogens is 1. The number of rotatable bonds is 8. The van der Waals surface area contributed by atoms with Gasteiger partial charge in [0.15, 0.2) is 0 Å². The Morgan fingerprint density at radius 2 is 1.91 bits per heavy atom. The Balaban J connectivity index is 1.85. The lowest BCUT2D eigenvalue weighted by atomic mass is 10.3. The molecule has 0 aliphatic rings. The van der Waals surface area contributed by atoms with Gasteiger partial charge in [-0.25, -0.2) is 26.3 Å². The van der Waals surface area contributed by atoms with Gasteiger partial charge in [-0.05, 0) is 23.8 Å². The van der Waals surface area contributed by atoms with Crippen LogP contribution in [-0.4, -0.2) is 34.1 Å². The second-order valence-electron chi connectivity index (χ2n) is 4.46. The van der Waals surface area contributed by atoms with E-state index in [0.29, 0.717) is 9.90 Å². The van der Waals surface area contributed by atoms with Gasteiger partial charge in [0.2, 0.25) is 20.0 Å². The molecule has 0 unspecified atom stereocenters. The average molecular weight is 396 g/mol. The molecular formula is C12H14ClN3O4S3. The van der Waals surface area contributed by atoms with E-state index in [4.69, 9.17) is 11.6 Å². The van der Waals surface area contributed by atoms with Crippen molar-refractivity contribution in [1.29, 1.82) is 0 Å². The molecule has 0 saturated heterocycles. The molecule has 0 bridgehead atoms. The van der Waals surface area contributed by atoms with Gasteiger partial charge in [-0.3, -0.25) is 4.98 Å².